The minimum Gasteiger partial charge on any atom is -0.505 e. The zero-order chi connectivity index (χ0) is 16.1. The van der Waals surface area contributed by atoms with E-state index in [1.54, 1.807) is 7.11 Å². The highest BCUT2D eigenvalue weighted by molar-refractivity contribution is 5.72. The van der Waals surface area contributed by atoms with Gasteiger partial charge in [0.05, 0.1) is 18.7 Å². The first-order chi connectivity index (χ1) is 10.6. The monoisotopic (exact) mass is 302 g/mol. The van der Waals surface area contributed by atoms with Crippen LogP contribution in [-0.2, 0) is 17.7 Å². The van der Waals surface area contributed by atoms with Crippen LogP contribution in [0.25, 0.3) is 11.1 Å². The summed E-state index contributed by atoms with van der Waals surface area (Å²) in [7, 11) is 1.58. The third-order valence-electron chi connectivity index (χ3n) is 3.61. The van der Waals surface area contributed by atoms with Gasteiger partial charge in [0.25, 0.3) is 5.56 Å². The Bertz CT molecular complexity index is 708. The normalized spacial score (nSPS) is 10.9. The van der Waals surface area contributed by atoms with Crippen LogP contribution in [0.5, 0.6) is 5.75 Å². The Hall–Kier alpha value is -2.14. The Labute approximate surface area is 130 Å². The Morgan fingerprint density at radius 2 is 2.05 bits per heavy atom. The lowest BCUT2D eigenvalue weighted by Crippen LogP contribution is -2.27. The summed E-state index contributed by atoms with van der Waals surface area (Å²) in [6.07, 6.45) is 1.47. The molecule has 0 unspecified atom stereocenters. The predicted molar refractivity (Wildman–Crippen MR) is 86.2 cm³/mol. The highest BCUT2D eigenvalue weighted by atomic mass is 16.5. The van der Waals surface area contributed by atoms with Crippen LogP contribution in [0.4, 0.5) is 0 Å². The molecule has 0 saturated heterocycles. The number of aryl methyl sites for hydroxylation is 2. The Morgan fingerprint density at radius 1 is 1.32 bits per heavy atom. The van der Waals surface area contributed by atoms with Crippen molar-refractivity contribution in [3.8, 4) is 16.9 Å². The molecule has 22 heavy (non-hydrogen) atoms. The number of hydrogen-bond donors (Lipinski definition) is 1. The molecule has 0 aliphatic carbocycles. The summed E-state index contributed by atoms with van der Waals surface area (Å²) in [5, 5.41) is 14.8. The van der Waals surface area contributed by atoms with Crippen LogP contribution >= 0.6 is 0 Å². The second kappa shape index (κ2) is 7.22. The number of aromatic hydroxyl groups is 1. The van der Waals surface area contributed by atoms with E-state index in [-0.39, 0.29) is 11.3 Å². The molecule has 5 heteroatoms. The second-order valence-electron chi connectivity index (χ2n) is 5.26. The first-order valence-electron chi connectivity index (χ1n) is 7.48. The summed E-state index contributed by atoms with van der Waals surface area (Å²) in [6.45, 7) is 4.70. The Morgan fingerprint density at radius 3 is 2.68 bits per heavy atom. The lowest BCUT2D eigenvalue weighted by Gasteiger charge is -2.14. The van der Waals surface area contributed by atoms with Gasteiger partial charge in [-0.3, -0.25) is 4.79 Å². The fourth-order valence-electron chi connectivity index (χ4n) is 2.44. The molecule has 1 aromatic carbocycles. The molecular formula is C17H22N2O3. The van der Waals surface area contributed by atoms with Gasteiger partial charge in [-0.05, 0) is 24.5 Å². The molecule has 0 spiro atoms. The predicted octanol–water partition coefficient (Wildman–Crippen LogP) is 2.52. The number of methoxy groups -OCH3 is 1. The van der Waals surface area contributed by atoms with Gasteiger partial charge < -0.3 is 9.84 Å². The van der Waals surface area contributed by atoms with Crippen molar-refractivity contribution in [1.82, 2.24) is 9.78 Å². The van der Waals surface area contributed by atoms with Crippen LogP contribution in [0.3, 0.4) is 0 Å². The smallest absolute Gasteiger partial charge is 0.278 e. The van der Waals surface area contributed by atoms with Crippen LogP contribution in [0.1, 0.15) is 24.6 Å². The summed E-state index contributed by atoms with van der Waals surface area (Å²) in [5.74, 6) is -0.00480. The first-order valence-corrected chi connectivity index (χ1v) is 7.48. The van der Waals surface area contributed by atoms with E-state index < -0.39 is 0 Å². The number of nitrogens with zero attached hydrogens (tertiary/aromatic N) is 2. The molecular weight excluding hydrogens is 280 g/mol. The standard InChI is InChI=1S/C17H22N2O3/c1-4-7-14-16(20)15(13-9-6-5-8-12(13)2)17(21)19(18-14)10-11-22-3/h5-6,8-9,20H,4,7,10-11H2,1-3H3. The van der Waals surface area contributed by atoms with Gasteiger partial charge in [-0.1, -0.05) is 37.6 Å². The fourth-order valence-corrected chi connectivity index (χ4v) is 2.44. The van der Waals surface area contributed by atoms with E-state index in [2.05, 4.69) is 5.10 Å². The van der Waals surface area contributed by atoms with Crippen molar-refractivity contribution in [2.24, 2.45) is 0 Å². The largest absolute Gasteiger partial charge is 0.505 e. The van der Waals surface area contributed by atoms with Gasteiger partial charge in [-0.25, -0.2) is 4.68 Å². The lowest BCUT2D eigenvalue weighted by molar-refractivity contribution is 0.181. The van der Waals surface area contributed by atoms with Crippen molar-refractivity contribution in [3.63, 3.8) is 0 Å². The van der Waals surface area contributed by atoms with Gasteiger partial charge in [0.1, 0.15) is 5.69 Å². The van der Waals surface area contributed by atoms with Gasteiger partial charge in [0.2, 0.25) is 0 Å². The van der Waals surface area contributed by atoms with Crippen LogP contribution in [0.2, 0.25) is 0 Å². The average Bonchev–Trinajstić information content (AvgIpc) is 2.51. The molecule has 2 rings (SSSR count). The highest BCUT2D eigenvalue weighted by Gasteiger charge is 2.19. The molecule has 0 radical (unpaired) electrons. The Balaban J connectivity index is 2.67. The maximum atomic E-state index is 12.7. The zero-order valence-electron chi connectivity index (χ0n) is 13.3. The second-order valence-corrected chi connectivity index (χ2v) is 5.26. The van der Waals surface area contributed by atoms with Gasteiger partial charge in [-0.2, -0.15) is 5.10 Å². The van der Waals surface area contributed by atoms with E-state index in [9.17, 15) is 9.90 Å². The number of aromatic nitrogens is 2. The SMILES string of the molecule is CCCc1nn(CCOC)c(=O)c(-c2ccccc2C)c1O. The molecule has 1 heterocycles. The van der Waals surface area contributed by atoms with Crippen molar-refractivity contribution in [3.05, 3.63) is 45.9 Å². The summed E-state index contributed by atoms with van der Waals surface area (Å²) in [4.78, 5) is 12.7. The minimum atomic E-state index is -0.288. The van der Waals surface area contributed by atoms with E-state index in [1.165, 1.54) is 4.68 Å². The fraction of sp³-hybridized carbons (Fsp3) is 0.412. The molecule has 0 amide bonds. The summed E-state index contributed by atoms with van der Waals surface area (Å²) >= 11 is 0. The average molecular weight is 302 g/mol. The van der Waals surface area contributed by atoms with Crippen LogP contribution in [0, 0.1) is 6.92 Å². The molecule has 2 aromatic rings. The minimum absolute atomic E-state index is 0.00480. The lowest BCUT2D eigenvalue weighted by atomic mass is 10.00. The molecule has 1 aromatic heterocycles. The molecule has 0 aliphatic rings. The van der Waals surface area contributed by atoms with E-state index in [1.807, 2.05) is 38.1 Å². The highest BCUT2D eigenvalue weighted by Crippen LogP contribution is 2.30. The molecule has 1 N–H and O–H groups in total. The van der Waals surface area contributed by atoms with Crippen LogP contribution < -0.4 is 5.56 Å². The quantitative estimate of drug-likeness (QED) is 0.890. The Kier molecular flexibility index (Phi) is 5.33. The van der Waals surface area contributed by atoms with Crippen LogP contribution in [-0.4, -0.2) is 28.6 Å². The number of rotatable bonds is 6. The van der Waals surface area contributed by atoms with Crippen molar-refractivity contribution in [1.29, 1.82) is 0 Å². The summed E-state index contributed by atoms with van der Waals surface area (Å²) in [5.41, 5.74) is 2.28. The van der Waals surface area contributed by atoms with Gasteiger partial charge >= 0.3 is 0 Å². The third-order valence-corrected chi connectivity index (χ3v) is 3.61. The number of ether oxygens (including phenoxy) is 1. The third kappa shape index (κ3) is 3.20. The van der Waals surface area contributed by atoms with Gasteiger partial charge in [0.15, 0.2) is 5.75 Å². The maximum Gasteiger partial charge on any atom is 0.278 e. The zero-order valence-corrected chi connectivity index (χ0v) is 13.3. The summed E-state index contributed by atoms with van der Waals surface area (Å²) < 4.78 is 6.42. The van der Waals surface area contributed by atoms with E-state index in [4.69, 9.17) is 4.74 Å². The molecule has 0 bridgehead atoms. The molecule has 0 atom stereocenters. The molecule has 5 nitrogen and oxygen atoms in total. The van der Waals surface area contributed by atoms with E-state index in [0.717, 1.165) is 17.5 Å². The molecule has 118 valence electrons. The molecule has 0 saturated carbocycles. The first kappa shape index (κ1) is 16.2. The van der Waals surface area contributed by atoms with Crippen molar-refractivity contribution in [2.75, 3.05) is 13.7 Å². The van der Waals surface area contributed by atoms with Crippen molar-refractivity contribution < 1.29 is 9.84 Å². The summed E-state index contributed by atoms with van der Waals surface area (Å²) in [6, 6.07) is 7.55. The number of benzene rings is 1. The molecule has 0 aliphatic heterocycles. The topological polar surface area (TPSA) is 64.4 Å². The van der Waals surface area contributed by atoms with E-state index in [0.29, 0.717) is 30.8 Å². The van der Waals surface area contributed by atoms with Crippen molar-refractivity contribution >= 4 is 0 Å². The number of hydrogen-bond acceptors (Lipinski definition) is 4. The van der Waals surface area contributed by atoms with Crippen LogP contribution in [0.15, 0.2) is 29.1 Å². The van der Waals surface area contributed by atoms with E-state index >= 15 is 0 Å². The van der Waals surface area contributed by atoms with Gasteiger partial charge in [-0.15, -0.1) is 0 Å². The van der Waals surface area contributed by atoms with Gasteiger partial charge in [0, 0.05) is 7.11 Å². The molecule has 0 fully saturated rings. The van der Waals surface area contributed by atoms with Crippen molar-refractivity contribution in [2.45, 2.75) is 33.2 Å². The maximum absolute atomic E-state index is 12.7.